The molecule has 112 valence electrons. The van der Waals surface area contributed by atoms with Crippen molar-refractivity contribution in [1.82, 2.24) is 14.3 Å². The first kappa shape index (κ1) is 15.7. The van der Waals surface area contributed by atoms with Crippen molar-refractivity contribution in [2.75, 3.05) is 30.7 Å². The maximum absolute atomic E-state index is 11.9. The van der Waals surface area contributed by atoms with Crippen LogP contribution in [0.25, 0.3) is 0 Å². The monoisotopic (exact) mass is 315 g/mol. The minimum absolute atomic E-state index is 0.0468. The molecule has 2 atom stereocenters. The maximum atomic E-state index is 11.9. The first-order valence-electron chi connectivity index (χ1n) is 6.82. The van der Waals surface area contributed by atoms with Crippen molar-refractivity contribution in [3.8, 4) is 0 Å². The van der Waals surface area contributed by atoms with Gasteiger partial charge in [0, 0.05) is 36.4 Å². The quantitative estimate of drug-likeness (QED) is 0.769. The summed E-state index contributed by atoms with van der Waals surface area (Å²) in [6, 6.07) is 0.168. The van der Waals surface area contributed by atoms with Gasteiger partial charge in [-0.1, -0.05) is 25.6 Å². The largest absolute Gasteiger partial charge is 0.326 e. The molecule has 0 radical (unpaired) electrons. The average Bonchev–Trinajstić information content (AvgIpc) is 2.94. The molecule has 1 aromatic heterocycles. The number of nitrogens with one attached hydrogen (secondary N) is 1. The summed E-state index contributed by atoms with van der Waals surface area (Å²) in [5.74, 6) is 1.39. The van der Waals surface area contributed by atoms with Crippen LogP contribution in [0.1, 0.15) is 20.3 Å². The van der Waals surface area contributed by atoms with Crippen molar-refractivity contribution in [1.29, 1.82) is 0 Å². The smallest absolute Gasteiger partial charge is 0.240 e. The molecule has 1 aliphatic rings. The van der Waals surface area contributed by atoms with Gasteiger partial charge in [-0.25, -0.2) is 0 Å². The minimum atomic E-state index is -0.0468. The lowest BCUT2D eigenvalue weighted by molar-refractivity contribution is -0.117. The summed E-state index contributed by atoms with van der Waals surface area (Å²) >= 11 is 2.84. The summed E-state index contributed by atoms with van der Waals surface area (Å²) < 4.78 is 4.21. The Balaban J connectivity index is 1.78. The van der Waals surface area contributed by atoms with Crippen molar-refractivity contribution in [2.24, 2.45) is 11.7 Å². The highest BCUT2D eigenvalue weighted by Gasteiger charge is 2.27. The van der Waals surface area contributed by atoms with E-state index >= 15 is 0 Å². The SMILES string of the molecule is CCCSc1nsc(NC(=O)CN2CC(C)C(N)C2)n1. The standard InChI is InChI=1S/C12H21N5OS2/c1-3-4-19-12-15-11(20-16-12)14-10(18)7-17-5-8(2)9(13)6-17/h8-9H,3-7,13H2,1-2H3,(H,14,15,16,18). The molecule has 2 unspecified atom stereocenters. The Morgan fingerprint density at radius 3 is 3.05 bits per heavy atom. The number of carbonyl (C=O) groups is 1. The van der Waals surface area contributed by atoms with Crippen LogP contribution in [0.4, 0.5) is 5.13 Å². The van der Waals surface area contributed by atoms with Crippen molar-refractivity contribution < 1.29 is 4.79 Å². The fraction of sp³-hybridized carbons (Fsp3) is 0.750. The highest BCUT2D eigenvalue weighted by atomic mass is 32.2. The van der Waals surface area contributed by atoms with Gasteiger partial charge in [0.1, 0.15) is 0 Å². The molecule has 3 N–H and O–H groups in total. The number of amides is 1. The van der Waals surface area contributed by atoms with E-state index in [1.165, 1.54) is 11.5 Å². The Labute approximate surface area is 127 Å². The van der Waals surface area contributed by atoms with E-state index < -0.39 is 0 Å². The molecule has 0 aromatic carbocycles. The predicted octanol–water partition coefficient (Wildman–Crippen LogP) is 1.26. The third kappa shape index (κ3) is 4.41. The van der Waals surface area contributed by atoms with Crippen LogP contribution in [0.3, 0.4) is 0 Å². The highest BCUT2D eigenvalue weighted by molar-refractivity contribution is 7.99. The zero-order chi connectivity index (χ0) is 14.5. The molecule has 8 heteroatoms. The van der Waals surface area contributed by atoms with E-state index in [-0.39, 0.29) is 11.9 Å². The van der Waals surface area contributed by atoms with Crippen LogP contribution >= 0.6 is 23.3 Å². The fourth-order valence-corrected chi connectivity index (χ4v) is 3.51. The molecular formula is C12H21N5OS2. The topological polar surface area (TPSA) is 84.1 Å². The van der Waals surface area contributed by atoms with Crippen LogP contribution in [-0.4, -0.2) is 51.6 Å². The molecule has 2 rings (SSSR count). The average molecular weight is 315 g/mol. The molecule has 0 saturated carbocycles. The van der Waals surface area contributed by atoms with E-state index in [1.807, 2.05) is 0 Å². The van der Waals surface area contributed by atoms with Gasteiger partial charge in [-0.15, -0.1) is 0 Å². The second-order valence-corrected chi connectivity index (χ2v) is 6.93. The van der Waals surface area contributed by atoms with E-state index in [2.05, 4.69) is 33.4 Å². The summed E-state index contributed by atoms with van der Waals surface area (Å²) in [5.41, 5.74) is 5.95. The first-order valence-corrected chi connectivity index (χ1v) is 8.58. The van der Waals surface area contributed by atoms with Crippen molar-refractivity contribution in [2.45, 2.75) is 31.5 Å². The van der Waals surface area contributed by atoms with Crippen molar-refractivity contribution in [3.05, 3.63) is 0 Å². The van der Waals surface area contributed by atoms with E-state index in [9.17, 15) is 4.79 Å². The lowest BCUT2D eigenvalue weighted by Gasteiger charge is -2.13. The molecule has 1 aromatic rings. The molecule has 1 fully saturated rings. The number of rotatable bonds is 6. The molecule has 2 heterocycles. The third-order valence-corrected chi connectivity index (χ3v) is 5.00. The zero-order valence-corrected chi connectivity index (χ0v) is 13.5. The molecule has 1 aliphatic heterocycles. The Hall–Kier alpha value is -0.700. The lowest BCUT2D eigenvalue weighted by atomic mass is 10.1. The number of nitrogens with two attached hydrogens (primary N) is 1. The number of thioether (sulfide) groups is 1. The van der Waals surface area contributed by atoms with Gasteiger partial charge in [-0.2, -0.15) is 9.36 Å². The van der Waals surface area contributed by atoms with Crippen LogP contribution < -0.4 is 11.1 Å². The number of carbonyl (C=O) groups excluding carboxylic acids is 1. The number of hydrogen-bond donors (Lipinski definition) is 2. The summed E-state index contributed by atoms with van der Waals surface area (Å²) in [6.07, 6.45) is 1.08. The first-order chi connectivity index (χ1) is 9.58. The van der Waals surface area contributed by atoms with E-state index in [0.29, 0.717) is 17.6 Å². The minimum Gasteiger partial charge on any atom is -0.326 e. The molecule has 0 bridgehead atoms. The molecule has 20 heavy (non-hydrogen) atoms. The zero-order valence-electron chi connectivity index (χ0n) is 11.8. The van der Waals surface area contributed by atoms with E-state index in [1.54, 1.807) is 11.8 Å². The Bertz CT molecular complexity index is 443. The highest BCUT2D eigenvalue weighted by Crippen LogP contribution is 2.20. The predicted molar refractivity (Wildman–Crippen MR) is 83.1 cm³/mol. The molecule has 0 aliphatic carbocycles. The van der Waals surface area contributed by atoms with Crippen LogP contribution in [0.2, 0.25) is 0 Å². The number of aromatic nitrogens is 2. The lowest BCUT2D eigenvalue weighted by Crippen LogP contribution is -2.33. The van der Waals surface area contributed by atoms with Gasteiger partial charge in [0.15, 0.2) is 0 Å². The fourth-order valence-electron chi connectivity index (χ4n) is 2.10. The molecule has 1 saturated heterocycles. The summed E-state index contributed by atoms with van der Waals surface area (Å²) in [5, 5.41) is 4.12. The van der Waals surface area contributed by atoms with Crippen molar-refractivity contribution >= 4 is 34.3 Å². The van der Waals surface area contributed by atoms with Gasteiger partial charge in [-0.3, -0.25) is 15.0 Å². The number of likely N-dealkylation sites (tertiary alicyclic amines) is 1. The van der Waals surface area contributed by atoms with Gasteiger partial charge in [0.05, 0.1) is 6.54 Å². The van der Waals surface area contributed by atoms with Gasteiger partial charge in [0.2, 0.25) is 16.2 Å². The molecule has 0 spiro atoms. The van der Waals surface area contributed by atoms with Crippen LogP contribution in [0.5, 0.6) is 0 Å². The number of nitrogens with zero attached hydrogens (tertiary/aromatic N) is 3. The summed E-state index contributed by atoms with van der Waals surface area (Å²) in [4.78, 5) is 18.3. The Morgan fingerprint density at radius 2 is 2.40 bits per heavy atom. The van der Waals surface area contributed by atoms with Crippen LogP contribution in [0.15, 0.2) is 5.16 Å². The van der Waals surface area contributed by atoms with Gasteiger partial charge < -0.3 is 5.73 Å². The molecule has 6 nitrogen and oxygen atoms in total. The van der Waals surface area contributed by atoms with Gasteiger partial charge >= 0.3 is 0 Å². The second kappa shape index (κ2) is 7.35. The second-order valence-electron chi connectivity index (χ2n) is 5.11. The Kier molecular flexibility index (Phi) is 5.76. The molecular weight excluding hydrogens is 294 g/mol. The number of hydrogen-bond acceptors (Lipinski definition) is 7. The van der Waals surface area contributed by atoms with E-state index in [4.69, 9.17) is 5.73 Å². The molecule has 1 amide bonds. The van der Waals surface area contributed by atoms with Gasteiger partial charge in [-0.05, 0) is 12.3 Å². The van der Waals surface area contributed by atoms with Crippen molar-refractivity contribution in [3.63, 3.8) is 0 Å². The maximum Gasteiger partial charge on any atom is 0.240 e. The van der Waals surface area contributed by atoms with E-state index in [0.717, 1.165) is 30.4 Å². The number of anilines is 1. The van der Waals surface area contributed by atoms with Gasteiger partial charge in [0.25, 0.3) is 0 Å². The van der Waals surface area contributed by atoms with Crippen LogP contribution in [0, 0.1) is 5.92 Å². The third-order valence-electron chi connectivity index (χ3n) is 3.20. The summed E-state index contributed by atoms with van der Waals surface area (Å²) in [7, 11) is 0. The van der Waals surface area contributed by atoms with Crippen LogP contribution in [-0.2, 0) is 4.79 Å². The summed E-state index contributed by atoms with van der Waals surface area (Å²) in [6.45, 7) is 6.26. The normalized spacial score (nSPS) is 23.1. The Morgan fingerprint density at radius 1 is 1.60 bits per heavy atom.